The number of nitro benzene ring substituents is 1. The molecule has 0 radical (unpaired) electrons. The Morgan fingerprint density at radius 3 is 3.00 bits per heavy atom. The summed E-state index contributed by atoms with van der Waals surface area (Å²) in [6.45, 7) is -0.122. The van der Waals surface area contributed by atoms with Gasteiger partial charge in [-0.15, -0.1) is 0 Å². The van der Waals surface area contributed by atoms with Crippen molar-refractivity contribution in [1.29, 1.82) is 5.26 Å². The molecule has 0 unspecified atom stereocenters. The first-order chi connectivity index (χ1) is 8.24. The van der Waals surface area contributed by atoms with Crippen LogP contribution in [-0.4, -0.2) is 16.5 Å². The summed E-state index contributed by atoms with van der Waals surface area (Å²) < 4.78 is 5.16. The van der Waals surface area contributed by atoms with E-state index in [1.54, 1.807) is 12.1 Å². The molecule has 2 aromatic rings. The Bertz CT molecular complexity index is 619. The van der Waals surface area contributed by atoms with Crippen LogP contribution >= 0.6 is 0 Å². The highest BCUT2D eigenvalue weighted by Crippen LogP contribution is 2.30. The summed E-state index contributed by atoms with van der Waals surface area (Å²) in [7, 11) is 0. The van der Waals surface area contributed by atoms with E-state index in [2.05, 4.69) is 4.98 Å². The molecule has 6 heteroatoms. The van der Waals surface area contributed by atoms with Crippen molar-refractivity contribution in [3.8, 4) is 11.8 Å². The van der Waals surface area contributed by atoms with E-state index >= 15 is 0 Å². The van der Waals surface area contributed by atoms with Crippen LogP contribution < -0.4 is 4.74 Å². The number of hydrogen-bond acceptors (Lipinski definition) is 5. The summed E-state index contributed by atoms with van der Waals surface area (Å²) in [5.41, 5.74) is 0.356. The predicted octanol–water partition coefficient (Wildman–Crippen LogP) is 2.05. The largest absolute Gasteiger partial charge is 0.476 e. The summed E-state index contributed by atoms with van der Waals surface area (Å²) in [5.74, 6) is 0.368. The lowest BCUT2D eigenvalue weighted by Crippen LogP contribution is -1.97. The molecule has 84 valence electrons. The van der Waals surface area contributed by atoms with Crippen LogP contribution in [0.4, 0.5) is 5.69 Å². The molecule has 0 amide bonds. The molecule has 17 heavy (non-hydrogen) atoms. The fraction of sp³-hybridized carbons (Fsp3) is 0.0909. The van der Waals surface area contributed by atoms with E-state index in [1.165, 1.54) is 18.3 Å². The summed E-state index contributed by atoms with van der Waals surface area (Å²) in [5, 5.41) is 19.7. The number of nitro groups is 1. The maximum Gasteiger partial charge on any atom is 0.279 e. The van der Waals surface area contributed by atoms with Gasteiger partial charge in [-0.3, -0.25) is 15.1 Å². The molecule has 0 fully saturated rings. The van der Waals surface area contributed by atoms with Gasteiger partial charge in [0, 0.05) is 12.3 Å². The lowest BCUT2D eigenvalue weighted by atomic mass is 10.1. The van der Waals surface area contributed by atoms with E-state index in [4.69, 9.17) is 10.00 Å². The molecule has 0 saturated heterocycles. The normalized spacial score (nSPS) is 9.82. The summed E-state index contributed by atoms with van der Waals surface area (Å²) in [6, 6.07) is 7.84. The van der Waals surface area contributed by atoms with Gasteiger partial charge in [-0.05, 0) is 18.2 Å². The third kappa shape index (κ3) is 1.99. The van der Waals surface area contributed by atoms with Crippen molar-refractivity contribution < 1.29 is 9.66 Å². The molecular formula is C11H7N3O3. The monoisotopic (exact) mass is 229 g/mol. The van der Waals surface area contributed by atoms with Gasteiger partial charge >= 0.3 is 0 Å². The van der Waals surface area contributed by atoms with E-state index in [0.29, 0.717) is 16.7 Å². The third-order valence-corrected chi connectivity index (χ3v) is 2.20. The first-order valence-corrected chi connectivity index (χ1v) is 4.76. The minimum atomic E-state index is -0.474. The summed E-state index contributed by atoms with van der Waals surface area (Å²) in [4.78, 5) is 14.4. The van der Waals surface area contributed by atoms with E-state index in [9.17, 15) is 10.1 Å². The van der Waals surface area contributed by atoms with Crippen molar-refractivity contribution in [1.82, 2.24) is 4.98 Å². The van der Waals surface area contributed by atoms with Crippen molar-refractivity contribution >= 4 is 16.6 Å². The number of non-ortho nitro benzene ring substituents is 1. The third-order valence-electron chi connectivity index (χ3n) is 2.20. The standard InChI is InChI=1S/C11H7N3O3/c12-5-7-17-10-4-3-9(14(15)16)8-2-1-6-13-11(8)10/h1-4,6H,7H2. The lowest BCUT2D eigenvalue weighted by molar-refractivity contribution is -0.383. The van der Waals surface area contributed by atoms with Gasteiger partial charge in [-0.25, -0.2) is 0 Å². The number of aromatic nitrogens is 1. The van der Waals surface area contributed by atoms with Crippen molar-refractivity contribution in [2.75, 3.05) is 6.61 Å². The second kappa shape index (κ2) is 4.45. The average molecular weight is 229 g/mol. The van der Waals surface area contributed by atoms with Crippen LogP contribution in [0, 0.1) is 21.4 Å². The van der Waals surface area contributed by atoms with Crippen LogP contribution in [0.15, 0.2) is 30.5 Å². The molecule has 1 aromatic heterocycles. The van der Waals surface area contributed by atoms with Crippen LogP contribution in [-0.2, 0) is 0 Å². The number of pyridine rings is 1. The number of ether oxygens (including phenoxy) is 1. The number of nitrogens with zero attached hydrogens (tertiary/aromatic N) is 3. The van der Waals surface area contributed by atoms with Gasteiger partial charge in [0.05, 0.1) is 10.3 Å². The minimum absolute atomic E-state index is 0.0302. The lowest BCUT2D eigenvalue weighted by Gasteiger charge is -2.05. The molecule has 0 atom stereocenters. The zero-order chi connectivity index (χ0) is 12.3. The first-order valence-electron chi connectivity index (χ1n) is 4.76. The maximum atomic E-state index is 10.8. The zero-order valence-corrected chi connectivity index (χ0v) is 8.66. The first kappa shape index (κ1) is 10.8. The molecule has 0 bridgehead atoms. The van der Waals surface area contributed by atoms with Gasteiger partial charge in [0.25, 0.3) is 5.69 Å². The second-order valence-corrected chi connectivity index (χ2v) is 3.19. The molecule has 0 aliphatic heterocycles. The SMILES string of the molecule is N#CCOc1ccc([N+](=O)[O-])c2cccnc12. The fourth-order valence-corrected chi connectivity index (χ4v) is 1.52. The molecule has 6 nitrogen and oxygen atoms in total. The van der Waals surface area contributed by atoms with Crippen molar-refractivity contribution in [3.05, 3.63) is 40.6 Å². The number of benzene rings is 1. The summed E-state index contributed by atoms with van der Waals surface area (Å²) >= 11 is 0. The van der Waals surface area contributed by atoms with E-state index in [1.807, 2.05) is 6.07 Å². The maximum absolute atomic E-state index is 10.8. The molecule has 0 saturated carbocycles. The average Bonchev–Trinajstić information content (AvgIpc) is 2.35. The Morgan fingerprint density at radius 1 is 1.47 bits per heavy atom. The van der Waals surface area contributed by atoms with E-state index in [0.717, 1.165) is 0 Å². The van der Waals surface area contributed by atoms with Crippen LogP contribution in [0.25, 0.3) is 10.9 Å². The number of nitriles is 1. The van der Waals surface area contributed by atoms with E-state index in [-0.39, 0.29) is 12.3 Å². The van der Waals surface area contributed by atoms with Crippen LogP contribution in [0.3, 0.4) is 0 Å². The molecule has 0 aliphatic rings. The highest BCUT2D eigenvalue weighted by atomic mass is 16.6. The smallest absolute Gasteiger partial charge is 0.279 e. The Kier molecular flexibility index (Phi) is 2.83. The van der Waals surface area contributed by atoms with Crippen molar-refractivity contribution in [2.24, 2.45) is 0 Å². The Hall–Kier alpha value is -2.68. The van der Waals surface area contributed by atoms with Gasteiger partial charge in [0.2, 0.25) is 0 Å². The van der Waals surface area contributed by atoms with Crippen molar-refractivity contribution in [2.45, 2.75) is 0 Å². The van der Waals surface area contributed by atoms with Gasteiger partial charge in [-0.2, -0.15) is 5.26 Å². The van der Waals surface area contributed by atoms with Gasteiger partial charge in [0.15, 0.2) is 6.61 Å². The Morgan fingerprint density at radius 2 is 2.29 bits per heavy atom. The number of hydrogen-bond donors (Lipinski definition) is 0. The molecule has 1 heterocycles. The molecular weight excluding hydrogens is 222 g/mol. The minimum Gasteiger partial charge on any atom is -0.476 e. The second-order valence-electron chi connectivity index (χ2n) is 3.19. The van der Waals surface area contributed by atoms with Crippen molar-refractivity contribution in [3.63, 3.8) is 0 Å². The van der Waals surface area contributed by atoms with Crippen LogP contribution in [0.5, 0.6) is 5.75 Å². The van der Waals surface area contributed by atoms with Gasteiger partial charge in [0.1, 0.15) is 17.3 Å². The van der Waals surface area contributed by atoms with Gasteiger partial charge in [-0.1, -0.05) is 0 Å². The topological polar surface area (TPSA) is 89.0 Å². The van der Waals surface area contributed by atoms with Crippen LogP contribution in [0.1, 0.15) is 0 Å². The van der Waals surface area contributed by atoms with Gasteiger partial charge < -0.3 is 4.74 Å². The zero-order valence-electron chi connectivity index (χ0n) is 8.66. The number of fused-ring (bicyclic) bond motifs is 1. The molecule has 0 spiro atoms. The predicted molar refractivity (Wildman–Crippen MR) is 59.5 cm³/mol. The fourth-order valence-electron chi connectivity index (χ4n) is 1.52. The Labute approximate surface area is 96.2 Å². The summed E-state index contributed by atoms with van der Waals surface area (Å²) in [6.07, 6.45) is 1.52. The van der Waals surface area contributed by atoms with E-state index < -0.39 is 4.92 Å². The Balaban J connectivity index is 2.63. The molecule has 1 aromatic carbocycles. The van der Waals surface area contributed by atoms with Crippen LogP contribution in [0.2, 0.25) is 0 Å². The number of rotatable bonds is 3. The molecule has 2 rings (SSSR count). The highest BCUT2D eigenvalue weighted by Gasteiger charge is 2.15. The molecule has 0 N–H and O–H groups in total. The quantitative estimate of drug-likeness (QED) is 0.593. The molecule has 0 aliphatic carbocycles. The highest BCUT2D eigenvalue weighted by molar-refractivity contribution is 5.92.